The molecule has 1 aliphatic rings. The summed E-state index contributed by atoms with van der Waals surface area (Å²) in [5.41, 5.74) is 4.32. The van der Waals surface area contributed by atoms with Crippen LogP contribution in [0.15, 0.2) is 54.7 Å². The molecule has 1 fully saturated rings. The van der Waals surface area contributed by atoms with Gasteiger partial charge in [0.15, 0.2) is 5.82 Å². The molecule has 26 heavy (non-hydrogen) atoms. The van der Waals surface area contributed by atoms with Gasteiger partial charge in [0.1, 0.15) is 11.6 Å². The van der Waals surface area contributed by atoms with Crippen molar-refractivity contribution in [2.45, 2.75) is 0 Å². The van der Waals surface area contributed by atoms with Gasteiger partial charge in [0.05, 0.1) is 24.2 Å². The highest BCUT2D eigenvalue weighted by molar-refractivity contribution is 5.82. The predicted molar refractivity (Wildman–Crippen MR) is 103 cm³/mol. The molecule has 4 rings (SSSR count). The molecule has 2 heterocycles. The molecule has 130 valence electrons. The molecule has 0 aliphatic carbocycles. The highest BCUT2D eigenvalue weighted by atomic mass is 16.5. The number of para-hydroxylation sites is 2. The summed E-state index contributed by atoms with van der Waals surface area (Å²) >= 11 is 0. The zero-order valence-electron chi connectivity index (χ0n) is 14.3. The van der Waals surface area contributed by atoms with E-state index in [1.807, 2.05) is 36.4 Å². The smallest absolute Gasteiger partial charge is 0.150 e. The normalized spacial score (nSPS) is 15.0. The Balaban J connectivity index is 1.49. The molecule has 0 amide bonds. The first kappa shape index (κ1) is 16.2. The Morgan fingerprint density at radius 3 is 2.65 bits per heavy atom. The van der Waals surface area contributed by atoms with Crippen LogP contribution in [0.3, 0.4) is 0 Å². The average Bonchev–Trinajstić information content (AvgIpc) is 3.13. The second-order valence-electron chi connectivity index (χ2n) is 6.06. The Bertz CT molecular complexity index is 929. The number of anilines is 2. The monoisotopic (exact) mass is 345 g/mol. The fourth-order valence-electron chi connectivity index (χ4n) is 2.98. The number of ether oxygens (including phenoxy) is 1. The first-order chi connectivity index (χ1) is 12.8. The molecule has 2 N–H and O–H groups in total. The number of imidazole rings is 1. The minimum atomic E-state index is 0.457. The molecule has 0 spiro atoms. The van der Waals surface area contributed by atoms with Gasteiger partial charge in [-0.3, -0.25) is 0 Å². The van der Waals surface area contributed by atoms with Crippen LogP contribution in [0.2, 0.25) is 0 Å². The number of morpholine rings is 1. The number of rotatable bonds is 4. The summed E-state index contributed by atoms with van der Waals surface area (Å²) in [5, 5.41) is 12.6. The van der Waals surface area contributed by atoms with Gasteiger partial charge in [-0.05, 0) is 36.4 Å². The predicted octanol–water partition coefficient (Wildman–Crippen LogP) is 3.38. The van der Waals surface area contributed by atoms with Crippen molar-refractivity contribution >= 4 is 28.0 Å². The Hall–Kier alpha value is -3.30. The van der Waals surface area contributed by atoms with Crippen molar-refractivity contribution in [3.63, 3.8) is 0 Å². The van der Waals surface area contributed by atoms with E-state index in [0.29, 0.717) is 11.4 Å². The number of nitrogens with zero attached hydrogens (tertiary/aromatic N) is 3. The molecule has 0 saturated carbocycles. The molecular weight excluding hydrogens is 326 g/mol. The van der Waals surface area contributed by atoms with Gasteiger partial charge in [0, 0.05) is 30.7 Å². The van der Waals surface area contributed by atoms with Crippen molar-refractivity contribution in [1.82, 2.24) is 9.97 Å². The minimum Gasteiger partial charge on any atom is -0.378 e. The van der Waals surface area contributed by atoms with E-state index in [1.54, 1.807) is 6.20 Å². The molecule has 1 aromatic heterocycles. The first-order valence-electron chi connectivity index (χ1n) is 8.58. The highest BCUT2D eigenvalue weighted by Gasteiger charge is 2.11. The Labute approximate surface area is 151 Å². The largest absolute Gasteiger partial charge is 0.378 e. The number of hydrogen-bond donors (Lipinski definition) is 2. The number of nitrogens with one attached hydrogen (secondary N) is 2. The Morgan fingerprint density at radius 2 is 1.92 bits per heavy atom. The summed E-state index contributed by atoms with van der Waals surface area (Å²) < 4.78 is 5.38. The number of aromatic nitrogens is 2. The quantitative estimate of drug-likeness (QED) is 0.709. The molecule has 2 aromatic carbocycles. The van der Waals surface area contributed by atoms with Crippen molar-refractivity contribution in [3.05, 3.63) is 60.6 Å². The van der Waals surface area contributed by atoms with Gasteiger partial charge in [0.2, 0.25) is 0 Å². The third kappa shape index (κ3) is 3.39. The zero-order chi connectivity index (χ0) is 17.8. The van der Waals surface area contributed by atoms with E-state index in [0.717, 1.165) is 43.0 Å². The molecule has 0 bridgehead atoms. The van der Waals surface area contributed by atoms with E-state index in [-0.39, 0.29) is 0 Å². The molecule has 1 saturated heterocycles. The fraction of sp³-hybridized carbons (Fsp3) is 0.200. The van der Waals surface area contributed by atoms with Crippen LogP contribution >= 0.6 is 0 Å². The molecule has 3 aromatic rings. The number of aromatic amines is 1. The summed E-state index contributed by atoms with van der Waals surface area (Å²) in [6.07, 6.45) is 1.68. The summed E-state index contributed by atoms with van der Waals surface area (Å²) in [7, 11) is 0. The third-order valence-electron chi connectivity index (χ3n) is 4.39. The number of benzene rings is 2. The lowest BCUT2D eigenvalue weighted by Gasteiger charge is -2.28. The van der Waals surface area contributed by atoms with Crippen molar-refractivity contribution in [1.29, 1.82) is 5.26 Å². The zero-order valence-corrected chi connectivity index (χ0v) is 14.3. The van der Waals surface area contributed by atoms with Crippen LogP contribution in [0.25, 0.3) is 16.6 Å². The summed E-state index contributed by atoms with van der Waals surface area (Å²) in [4.78, 5) is 9.94. The fourth-order valence-corrected chi connectivity index (χ4v) is 2.98. The van der Waals surface area contributed by atoms with Gasteiger partial charge in [-0.2, -0.15) is 5.26 Å². The van der Waals surface area contributed by atoms with Crippen molar-refractivity contribution < 1.29 is 4.74 Å². The lowest BCUT2D eigenvalue weighted by molar-refractivity contribution is 0.122. The van der Waals surface area contributed by atoms with E-state index < -0.39 is 0 Å². The Kier molecular flexibility index (Phi) is 4.54. The van der Waals surface area contributed by atoms with Crippen LogP contribution in [-0.4, -0.2) is 36.3 Å². The van der Waals surface area contributed by atoms with E-state index in [9.17, 15) is 5.26 Å². The molecule has 0 radical (unpaired) electrons. The summed E-state index contributed by atoms with van der Waals surface area (Å²) in [5.74, 6) is 0.561. The summed E-state index contributed by atoms with van der Waals surface area (Å²) in [6.45, 7) is 3.37. The molecule has 6 nitrogen and oxygen atoms in total. The molecule has 0 unspecified atom stereocenters. The van der Waals surface area contributed by atoms with E-state index >= 15 is 0 Å². The minimum absolute atomic E-state index is 0.457. The second kappa shape index (κ2) is 7.30. The number of H-pyrrole nitrogens is 1. The van der Waals surface area contributed by atoms with Crippen LogP contribution in [-0.2, 0) is 4.74 Å². The van der Waals surface area contributed by atoms with E-state index in [4.69, 9.17) is 4.74 Å². The van der Waals surface area contributed by atoms with Crippen LogP contribution in [0.5, 0.6) is 0 Å². The maximum absolute atomic E-state index is 9.46. The van der Waals surface area contributed by atoms with E-state index in [2.05, 4.69) is 38.4 Å². The van der Waals surface area contributed by atoms with Crippen LogP contribution < -0.4 is 10.2 Å². The number of fused-ring (bicyclic) bond motifs is 1. The molecular formula is C20H19N5O. The average molecular weight is 345 g/mol. The van der Waals surface area contributed by atoms with Crippen LogP contribution in [0.4, 0.5) is 11.4 Å². The van der Waals surface area contributed by atoms with Crippen molar-refractivity contribution in [3.8, 4) is 6.07 Å². The maximum atomic E-state index is 9.46. The summed E-state index contributed by atoms with van der Waals surface area (Å²) in [6, 6.07) is 18.1. The van der Waals surface area contributed by atoms with E-state index in [1.165, 1.54) is 5.69 Å². The third-order valence-corrected chi connectivity index (χ3v) is 4.39. The number of allylic oxidation sites excluding steroid dienone is 1. The molecule has 0 atom stereocenters. The number of hydrogen-bond acceptors (Lipinski definition) is 5. The van der Waals surface area contributed by atoms with Gasteiger partial charge in [-0.1, -0.05) is 12.1 Å². The first-order valence-corrected chi connectivity index (χ1v) is 8.58. The van der Waals surface area contributed by atoms with Gasteiger partial charge in [0.25, 0.3) is 0 Å². The van der Waals surface area contributed by atoms with Crippen molar-refractivity contribution in [2.24, 2.45) is 0 Å². The van der Waals surface area contributed by atoms with Crippen molar-refractivity contribution in [2.75, 3.05) is 36.5 Å². The van der Waals surface area contributed by atoms with Gasteiger partial charge in [-0.25, -0.2) is 4.98 Å². The molecule has 6 heteroatoms. The van der Waals surface area contributed by atoms with Gasteiger partial charge < -0.3 is 19.9 Å². The highest BCUT2D eigenvalue weighted by Crippen LogP contribution is 2.20. The second-order valence-corrected chi connectivity index (χ2v) is 6.06. The lowest BCUT2D eigenvalue weighted by Crippen LogP contribution is -2.36. The van der Waals surface area contributed by atoms with Gasteiger partial charge in [-0.15, -0.1) is 0 Å². The Morgan fingerprint density at radius 1 is 1.15 bits per heavy atom. The number of nitriles is 1. The SMILES string of the molecule is N#CC(=CNc1ccc(N2CCOCC2)cc1)c1nc2ccccc2[nH]1. The molecule has 1 aliphatic heterocycles. The maximum Gasteiger partial charge on any atom is 0.150 e. The lowest BCUT2D eigenvalue weighted by atomic mass is 10.2. The topological polar surface area (TPSA) is 77.0 Å². The van der Waals surface area contributed by atoms with Gasteiger partial charge >= 0.3 is 0 Å². The van der Waals surface area contributed by atoms with Crippen LogP contribution in [0, 0.1) is 11.3 Å². The van der Waals surface area contributed by atoms with Crippen LogP contribution in [0.1, 0.15) is 5.82 Å². The standard InChI is InChI=1S/C20H19N5O/c21-13-15(20-23-18-3-1-2-4-19(18)24-20)14-22-16-5-7-17(8-6-16)25-9-11-26-12-10-25/h1-8,14,22H,9-12H2,(H,23,24).